The Morgan fingerprint density at radius 1 is 0.886 bits per heavy atom. The maximum absolute atomic E-state index is 12.8. The molecule has 0 aliphatic rings. The molecule has 0 saturated heterocycles. The predicted molar refractivity (Wildman–Crippen MR) is 130 cm³/mol. The summed E-state index contributed by atoms with van der Waals surface area (Å²) in [6.45, 7) is 4.93. The normalized spacial score (nSPS) is 10.5. The van der Waals surface area contributed by atoms with E-state index in [0.29, 0.717) is 27.9 Å². The first-order valence-corrected chi connectivity index (χ1v) is 11.2. The van der Waals surface area contributed by atoms with Crippen molar-refractivity contribution in [1.29, 1.82) is 0 Å². The number of hydrogen-bond acceptors (Lipinski definition) is 7. The summed E-state index contributed by atoms with van der Waals surface area (Å²) in [5.41, 5.74) is 2.40. The van der Waals surface area contributed by atoms with Crippen molar-refractivity contribution in [3.8, 4) is 11.5 Å². The molecule has 1 heterocycles. The number of H-pyrrole nitrogens is 1. The Morgan fingerprint density at radius 2 is 1.57 bits per heavy atom. The zero-order valence-corrected chi connectivity index (χ0v) is 20.7. The number of benzene rings is 2. The standard InChI is InChI=1S/C26H26ClNO7/c1-5-33-26(31)24-16(3)28-15(2)23(24)20(29)14-35-25(30)18-8-11-21(22(12-18)32-4)34-13-17-6-9-19(27)10-7-17/h6-12,28H,5,13-14H2,1-4H3. The molecule has 0 bridgehead atoms. The van der Waals surface area contributed by atoms with Crippen LogP contribution in [0, 0.1) is 13.8 Å². The molecule has 0 unspecified atom stereocenters. The lowest BCUT2D eigenvalue weighted by Gasteiger charge is -2.12. The number of Topliss-reactive ketones (excluding diaryl/α,β-unsaturated/α-hetero) is 1. The molecule has 0 amide bonds. The highest BCUT2D eigenvalue weighted by atomic mass is 35.5. The van der Waals surface area contributed by atoms with E-state index in [0.717, 1.165) is 5.56 Å². The van der Waals surface area contributed by atoms with E-state index < -0.39 is 24.3 Å². The number of aryl methyl sites for hydroxylation is 2. The van der Waals surface area contributed by atoms with Crippen LogP contribution in [0.25, 0.3) is 0 Å². The molecule has 2 aromatic carbocycles. The van der Waals surface area contributed by atoms with Gasteiger partial charge in [0.15, 0.2) is 18.1 Å². The van der Waals surface area contributed by atoms with Crippen LogP contribution in [0.3, 0.4) is 0 Å². The molecule has 0 aliphatic heterocycles. The summed E-state index contributed by atoms with van der Waals surface area (Å²) >= 11 is 5.90. The highest BCUT2D eigenvalue weighted by molar-refractivity contribution is 6.30. The fourth-order valence-electron chi connectivity index (χ4n) is 3.53. The third-order valence-corrected chi connectivity index (χ3v) is 5.43. The predicted octanol–water partition coefficient (Wildman–Crippen LogP) is 5.09. The van der Waals surface area contributed by atoms with Gasteiger partial charge in [0.1, 0.15) is 6.61 Å². The first-order chi connectivity index (χ1) is 16.7. The molecular formula is C26H26ClNO7. The van der Waals surface area contributed by atoms with Crippen LogP contribution in [-0.2, 0) is 16.1 Å². The summed E-state index contributed by atoms with van der Waals surface area (Å²) in [5.74, 6) is -1.07. The van der Waals surface area contributed by atoms with E-state index >= 15 is 0 Å². The maximum atomic E-state index is 12.8. The Bertz CT molecular complexity index is 1230. The number of carbonyl (C=O) groups excluding carboxylic acids is 3. The van der Waals surface area contributed by atoms with Crippen molar-refractivity contribution < 1.29 is 33.3 Å². The monoisotopic (exact) mass is 499 g/mol. The maximum Gasteiger partial charge on any atom is 0.340 e. The van der Waals surface area contributed by atoms with Crippen LogP contribution >= 0.6 is 11.6 Å². The minimum Gasteiger partial charge on any atom is -0.493 e. The second-order valence-corrected chi connectivity index (χ2v) is 8.06. The molecule has 0 aliphatic carbocycles. The SMILES string of the molecule is CCOC(=O)c1c(C)[nH]c(C)c1C(=O)COC(=O)c1ccc(OCc2ccc(Cl)cc2)c(OC)c1. The van der Waals surface area contributed by atoms with Crippen molar-refractivity contribution in [1.82, 2.24) is 4.98 Å². The average Bonchev–Trinajstić information content (AvgIpc) is 3.15. The molecule has 0 radical (unpaired) electrons. The van der Waals surface area contributed by atoms with Crippen molar-refractivity contribution in [2.24, 2.45) is 0 Å². The number of esters is 2. The number of rotatable bonds is 10. The van der Waals surface area contributed by atoms with Gasteiger partial charge in [0, 0.05) is 16.4 Å². The summed E-state index contributed by atoms with van der Waals surface area (Å²) in [4.78, 5) is 40.7. The lowest BCUT2D eigenvalue weighted by atomic mass is 10.1. The zero-order chi connectivity index (χ0) is 25.5. The van der Waals surface area contributed by atoms with Crippen LogP contribution in [0.4, 0.5) is 0 Å². The van der Waals surface area contributed by atoms with Crippen LogP contribution < -0.4 is 9.47 Å². The van der Waals surface area contributed by atoms with Crippen LogP contribution in [-0.4, -0.2) is 43.0 Å². The molecule has 3 rings (SSSR count). The van der Waals surface area contributed by atoms with E-state index in [2.05, 4.69) is 4.98 Å². The summed E-state index contributed by atoms with van der Waals surface area (Å²) in [5, 5.41) is 0.631. The minimum atomic E-state index is -0.719. The van der Waals surface area contributed by atoms with Gasteiger partial charge in [0.25, 0.3) is 0 Å². The van der Waals surface area contributed by atoms with Crippen LogP contribution in [0.15, 0.2) is 42.5 Å². The molecule has 0 fully saturated rings. The van der Waals surface area contributed by atoms with Crippen LogP contribution in [0.1, 0.15) is 54.9 Å². The van der Waals surface area contributed by atoms with Crippen molar-refractivity contribution in [2.75, 3.05) is 20.3 Å². The van der Waals surface area contributed by atoms with E-state index in [1.54, 1.807) is 39.0 Å². The summed E-state index contributed by atoms with van der Waals surface area (Å²) in [6.07, 6.45) is 0. The number of ether oxygens (including phenoxy) is 4. The van der Waals surface area contributed by atoms with E-state index in [9.17, 15) is 14.4 Å². The second kappa shape index (κ2) is 11.6. The molecule has 35 heavy (non-hydrogen) atoms. The zero-order valence-electron chi connectivity index (χ0n) is 19.9. The first kappa shape index (κ1) is 25.8. The molecule has 1 N–H and O–H groups in total. The third kappa shape index (κ3) is 6.22. The first-order valence-electron chi connectivity index (χ1n) is 10.9. The fourth-order valence-corrected chi connectivity index (χ4v) is 3.66. The largest absolute Gasteiger partial charge is 0.493 e. The van der Waals surface area contributed by atoms with Crippen LogP contribution in [0.2, 0.25) is 5.02 Å². The van der Waals surface area contributed by atoms with E-state index in [1.165, 1.54) is 19.2 Å². The molecular weight excluding hydrogens is 474 g/mol. The molecule has 0 atom stereocenters. The van der Waals surface area contributed by atoms with Gasteiger partial charge in [-0.25, -0.2) is 9.59 Å². The van der Waals surface area contributed by atoms with Gasteiger partial charge in [0.05, 0.1) is 30.4 Å². The van der Waals surface area contributed by atoms with Gasteiger partial charge in [-0.05, 0) is 56.7 Å². The Balaban J connectivity index is 1.67. The fraction of sp³-hybridized carbons (Fsp3) is 0.269. The number of carbonyl (C=O) groups is 3. The molecule has 8 nitrogen and oxygen atoms in total. The van der Waals surface area contributed by atoms with Gasteiger partial charge in [0.2, 0.25) is 5.78 Å². The minimum absolute atomic E-state index is 0.147. The summed E-state index contributed by atoms with van der Waals surface area (Å²) in [7, 11) is 1.46. The smallest absolute Gasteiger partial charge is 0.340 e. The van der Waals surface area contributed by atoms with Gasteiger partial charge < -0.3 is 23.9 Å². The number of aromatic nitrogens is 1. The number of halogens is 1. The number of aromatic amines is 1. The third-order valence-electron chi connectivity index (χ3n) is 5.17. The summed E-state index contributed by atoms with van der Waals surface area (Å²) < 4.78 is 21.4. The molecule has 0 saturated carbocycles. The molecule has 9 heteroatoms. The molecule has 0 spiro atoms. The number of methoxy groups -OCH3 is 1. The Labute approximate surface area is 208 Å². The number of nitrogens with one attached hydrogen (secondary N) is 1. The number of hydrogen-bond donors (Lipinski definition) is 1. The topological polar surface area (TPSA) is 104 Å². The molecule has 1 aromatic heterocycles. The Kier molecular flexibility index (Phi) is 8.54. The quantitative estimate of drug-likeness (QED) is 0.306. The van der Waals surface area contributed by atoms with Gasteiger partial charge >= 0.3 is 11.9 Å². The van der Waals surface area contributed by atoms with Gasteiger partial charge in [-0.3, -0.25) is 4.79 Å². The Morgan fingerprint density at radius 3 is 2.23 bits per heavy atom. The van der Waals surface area contributed by atoms with Gasteiger partial charge in [-0.1, -0.05) is 23.7 Å². The van der Waals surface area contributed by atoms with Crippen LogP contribution in [0.5, 0.6) is 11.5 Å². The number of ketones is 1. The van der Waals surface area contributed by atoms with Crippen molar-refractivity contribution in [3.63, 3.8) is 0 Å². The highest BCUT2D eigenvalue weighted by Crippen LogP contribution is 2.29. The average molecular weight is 500 g/mol. The molecule has 184 valence electrons. The second-order valence-electron chi connectivity index (χ2n) is 7.63. The van der Waals surface area contributed by atoms with E-state index in [1.807, 2.05) is 12.1 Å². The summed E-state index contributed by atoms with van der Waals surface area (Å²) in [6, 6.07) is 11.8. The molecule has 3 aromatic rings. The van der Waals surface area contributed by atoms with E-state index in [4.69, 9.17) is 30.5 Å². The lowest BCUT2D eigenvalue weighted by Crippen LogP contribution is -2.18. The van der Waals surface area contributed by atoms with Crippen molar-refractivity contribution in [2.45, 2.75) is 27.4 Å². The van der Waals surface area contributed by atoms with Gasteiger partial charge in [-0.15, -0.1) is 0 Å². The Hall–Kier alpha value is -3.78. The van der Waals surface area contributed by atoms with Crippen molar-refractivity contribution in [3.05, 3.63) is 81.1 Å². The van der Waals surface area contributed by atoms with Crippen molar-refractivity contribution >= 4 is 29.3 Å². The van der Waals surface area contributed by atoms with Gasteiger partial charge in [-0.2, -0.15) is 0 Å². The highest BCUT2D eigenvalue weighted by Gasteiger charge is 2.26. The van der Waals surface area contributed by atoms with E-state index in [-0.39, 0.29) is 29.9 Å². The lowest BCUT2D eigenvalue weighted by molar-refractivity contribution is 0.0471.